The Morgan fingerprint density at radius 2 is 2.08 bits per heavy atom. The minimum Gasteiger partial charge on any atom is -0.356 e. The van der Waals surface area contributed by atoms with E-state index in [1.807, 2.05) is 50.4 Å². The summed E-state index contributed by atoms with van der Waals surface area (Å²) in [4.78, 5) is 13.1. The predicted octanol–water partition coefficient (Wildman–Crippen LogP) is 4.74. The number of hydrogen-bond donors (Lipinski definition) is 2. The van der Waals surface area contributed by atoms with Crippen molar-refractivity contribution in [3.63, 3.8) is 0 Å². The summed E-state index contributed by atoms with van der Waals surface area (Å²) in [5.41, 5.74) is 3.99. The first-order valence-corrected chi connectivity index (χ1v) is 9.53. The van der Waals surface area contributed by atoms with Crippen LogP contribution < -0.4 is 10.6 Å². The second kappa shape index (κ2) is 6.74. The maximum absolute atomic E-state index is 12.4. The third-order valence-corrected chi connectivity index (χ3v) is 5.68. The average Bonchev–Trinajstić information content (AvgIpc) is 3.11. The molecule has 1 fully saturated rings. The van der Waals surface area contributed by atoms with Gasteiger partial charge in [0.25, 0.3) is 5.91 Å². The van der Waals surface area contributed by atoms with Gasteiger partial charge in [0.15, 0.2) is 5.50 Å². The molecule has 1 unspecified atom stereocenters. The summed E-state index contributed by atoms with van der Waals surface area (Å²) in [6, 6.07) is 13.9. The van der Waals surface area contributed by atoms with Crippen molar-refractivity contribution in [1.29, 1.82) is 0 Å². The maximum atomic E-state index is 12.4. The normalized spacial score (nSPS) is 18.5. The van der Waals surface area contributed by atoms with E-state index in [0.717, 1.165) is 27.7 Å². The molecule has 2 aromatic carbocycles. The molecule has 4 rings (SSSR count). The minimum absolute atomic E-state index is 0.0629. The number of thioether (sulfide) groups is 1. The third-order valence-electron chi connectivity index (χ3n) is 4.42. The lowest BCUT2D eigenvalue weighted by atomic mass is 10.1. The molecular weight excluding hydrogens is 366 g/mol. The van der Waals surface area contributed by atoms with E-state index >= 15 is 0 Å². The van der Waals surface area contributed by atoms with Crippen molar-refractivity contribution in [3.8, 4) is 0 Å². The number of rotatable bonds is 3. The number of benzene rings is 2. The van der Waals surface area contributed by atoms with Gasteiger partial charge < -0.3 is 15.2 Å². The van der Waals surface area contributed by atoms with E-state index in [1.165, 1.54) is 11.8 Å². The van der Waals surface area contributed by atoms with Gasteiger partial charge in [-0.05, 0) is 42.8 Å². The molecule has 0 radical (unpaired) electrons. The van der Waals surface area contributed by atoms with Crippen LogP contribution in [-0.2, 0) is 11.8 Å². The number of para-hydroxylation sites is 1. The monoisotopic (exact) mass is 383 g/mol. The fourth-order valence-corrected chi connectivity index (χ4v) is 4.32. The number of hydrogen-bond acceptors (Lipinski definition) is 3. The summed E-state index contributed by atoms with van der Waals surface area (Å²) in [5, 5.41) is 8.17. The van der Waals surface area contributed by atoms with E-state index < -0.39 is 0 Å². The molecule has 1 aliphatic heterocycles. The quantitative estimate of drug-likeness (QED) is 0.642. The number of aryl methyl sites for hydroxylation is 2. The summed E-state index contributed by atoms with van der Waals surface area (Å²) in [6.07, 6.45) is 4.01. The van der Waals surface area contributed by atoms with E-state index in [0.29, 0.717) is 9.93 Å². The smallest absolute Gasteiger partial charge is 0.260 e. The highest BCUT2D eigenvalue weighted by molar-refractivity contribution is 8.05. The number of fused-ring (bicyclic) bond motifs is 1. The Labute approximate surface area is 161 Å². The van der Waals surface area contributed by atoms with Crippen molar-refractivity contribution < 1.29 is 4.79 Å². The van der Waals surface area contributed by atoms with Crippen LogP contribution in [0.15, 0.2) is 53.6 Å². The summed E-state index contributed by atoms with van der Waals surface area (Å²) >= 11 is 7.49. The van der Waals surface area contributed by atoms with Gasteiger partial charge in [-0.1, -0.05) is 41.6 Å². The van der Waals surface area contributed by atoms with Gasteiger partial charge in [0, 0.05) is 40.4 Å². The molecule has 2 heterocycles. The molecule has 0 aliphatic carbocycles. The van der Waals surface area contributed by atoms with Gasteiger partial charge in [0.05, 0.1) is 4.91 Å². The lowest BCUT2D eigenvalue weighted by Gasteiger charge is -2.14. The van der Waals surface area contributed by atoms with Crippen LogP contribution in [0.25, 0.3) is 17.0 Å². The van der Waals surface area contributed by atoms with Gasteiger partial charge in [0.1, 0.15) is 0 Å². The molecule has 6 heteroatoms. The highest BCUT2D eigenvalue weighted by atomic mass is 35.5. The molecule has 0 saturated carbocycles. The zero-order valence-electron chi connectivity index (χ0n) is 14.4. The standard InChI is InChI=1S/C20H18ClN3OS/c1-12-9-14(21)7-8-16(12)22-20-23-19(25)18(26-20)10-13-11-24(2)17-6-4-3-5-15(13)17/h3-11,20,22H,1-2H3,(H,23,25)/b18-10-. The van der Waals surface area contributed by atoms with Crippen LogP contribution >= 0.6 is 23.4 Å². The fraction of sp³-hybridized carbons (Fsp3) is 0.150. The fourth-order valence-electron chi connectivity index (χ4n) is 3.12. The predicted molar refractivity (Wildman–Crippen MR) is 110 cm³/mol. The molecule has 1 aromatic heterocycles. The Morgan fingerprint density at radius 1 is 1.27 bits per heavy atom. The van der Waals surface area contributed by atoms with Crippen LogP contribution in [0.4, 0.5) is 5.69 Å². The minimum atomic E-state index is -0.205. The van der Waals surface area contributed by atoms with Gasteiger partial charge in [0.2, 0.25) is 0 Å². The topological polar surface area (TPSA) is 46.1 Å². The molecule has 1 aliphatic rings. The molecular formula is C20H18ClN3OS. The van der Waals surface area contributed by atoms with E-state index in [4.69, 9.17) is 11.6 Å². The lowest BCUT2D eigenvalue weighted by molar-refractivity contribution is -0.116. The van der Waals surface area contributed by atoms with Crippen LogP contribution in [0.2, 0.25) is 5.02 Å². The first-order chi connectivity index (χ1) is 12.5. The molecule has 0 spiro atoms. The number of carbonyl (C=O) groups excluding carboxylic acids is 1. The van der Waals surface area contributed by atoms with Crippen LogP contribution in [-0.4, -0.2) is 16.0 Å². The molecule has 1 amide bonds. The van der Waals surface area contributed by atoms with Crippen LogP contribution in [0.3, 0.4) is 0 Å². The number of aromatic nitrogens is 1. The number of carbonyl (C=O) groups is 1. The van der Waals surface area contributed by atoms with E-state index in [9.17, 15) is 4.79 Å². The molecule has 26 heavy (non-hydrogen) atoms. The van der Waals surface area contributed by atoms with Crippen molar-refractivity contribution in [1.82, 2.24) is 9.88 Å². The van der Waals surface area contributed by atoms with Crippen molar-refractivity contribution in [2.75, 3.05) is 5.32 Å². The lowest BCUT2D eigenvalue weighted by Crippen LogP contribution is -2.31. The molecule has 3 aromatic rings. The van der Waals surface area contributed by atoms with E-state index in [2.05, 4.69) is 33.5 Å². The van der Waals surface area contributed by atoms with Crippen molar-refractivity contribution in [2.45, 2.75) is 12.4 Å². The average molecular weight is 384 g/mol. The summed E-state index contributed by atoms with van der Waals surface area (Å²) < 4.78 is 2.08. The number of nitrogens with one attached hydrogen (secondary N) is 2. The Balaban J connectivity index is 1.58. The molecule has 1 saturated heterocycles. The number of halogens is 1. The van der Waals surface area contributed by atoms with Crippen molar-refractivity contribution in [3.05, 3.63) is 69.7 Å². The first-order valence-electron chi connectivity index (χ1n) is 8.27. The highest BCUT2D eigenvalue weighted by Crippen LogP contribution is 2.33. The molecule has 2 N–H and O–H groups in total. The Hall–Kier alpha value is -2.37. The van der Waals surface area contributed by atoms with Gasteiger partial charge in [-0.15, -0.1) is 0 Å². The van der Waals surface area contributed by atoms with Crippen molar-refractivity contribution >= 4 is 51.9 Å². The zero-order valence-corrected chi connectivity index (χ0v) is 16.0. The first kappa shape index (κ1) is 17.1. The Morgan fingerprint density at radius 3 is 2.88 bits per heavy atom. The number of amides is 1. The second-order valence-corrected chi connectivity index (χ2v) is 7.88. The van der Waals surface area contributed by atoms with Crippen LogP contribution in [0.1, 0.15) is 11.1 Å². The number of nitrogens with zero attached hydrogens (tertiary/aromatic N) is 1. The molecule has 4 nitrogen and oxygen atoms in total. The summed E-state index contributed by atoms with van der Waals surface area (Å²) in [5.74, 6) is -0.0629. The second-order valence-electron chi connectivity index (χ2n) is 6.30. The van der Waals surface area contributed by atoms with Gasteiger partial charge in [-0.2, -0.15) is 0 Å². The van der Waals surface area contributed by atoms with Crippen LogP contribution in [0, 0.1) is 6.92 Å². The van der Waals surface area contributed by atoms with Gasteiger partial charge >= 0.3 is 0 Å². The molecule has 0 bridgehead atoms. The van der Waals surface area contributed by atoms with Gasteiger partial charge in [-0.3, -0.25) is 4.79 Å². The SMILES string of the molecule is Cc1cc(Cl)ccc1NC1NC(=O)/C(=C/c2cn(C)c3ccccc23)S1. The van der Waals surface area contributed by atoms with Crippen LogP contribution in [0.5, 0.6) is 0 Å². The largest absolute Gasteiger partial charge is 0.356 e. The van der Waals surface area contributed by atoms with Crippen molar-refractivity contribution in [2.24, 2.45) is 7.05 Å². The van der Waals surface area contributed by atoms with Gasteiger partial charge in [-0.25, -0.2) is 0 Å². The maximum Gasteiger partial charge on any atom is 0.260 e. The summed E-state index contributed by atoms with van der Waals surface area (Å²) in [6.45, 7) is 1.99. The highest BCUT2D eigenvalue weighted by Gasteiger charge is 2.27. The van der Waals surface area contributed by atoms with E-state index in [-0.39, 0.29) is 11.4 Å². The number of anilines is 1. The summed E-state index contributed by atoms with van der Waals surface area (Å²) in [7, 11) is 2.01. The Bertz CT molecular complexity index is 1040. The Kier molecular flexibility index (Phi) is 4.42. The molecule has 132 valence electrons. The third kappa shape index (κ3) is 3.20. The van der Waals surface area contributed by atoms with E-state index in [1.54, 1.807) is 0 Å². The molecule has 1 atom stereocenters. The zero-order chi connectivity index (χ0) is 18.3.